The second kappa shape index (κ2) is 5.28. The molecular weight excluding hydrogens is 267 g/mol. The molecule has 0 aromatic heterocycles. The number of amides is 2. The fourth-order valence-electron chi connectivity index (χ4n) is 1.71. The zero-order valence-electron chi connectivity index (χ0n) is 10.7. The van der Waals surface area contributed by atoms with Crippen molar-refractivity contribution in [2.24, 2.45) is 5.92 Å². The molecule has 0 aliphatic heterocycles. The van der Waals surface area contributed by atoms with Gasteiger partial charge in [0.1, 0.15) is 5.82 Å². The molecule has 1 fully saturated rings. The van der Waals surface area contributed by atoms with Gasteiger partial charge in [-0.05, 0) is 18.9 Å². The molecule has 0 bridgehead atoms. The molecule has 7 heteroatoms. The van der Waals surface area contributed by atoms with Gasteiger partial charge in [0, 0.05) is 18.9 Å². The minimum absolute atomic E-state index is 0.0361. The van der Waals surface area contributed by atoms with Gasteiger partial charge in [0.05, 0.1) is 16.9 Å². The van der Waals surface area contributed by atoms with Crippen molar-refractivity contribution in [2.75, 3.05) is 10.6 Å². The number of benzene rings is 1. The van der Waals surface area contributed by atoms with E-state index in [2.05, 4.69) is 10.6 Å². The fourth-order valence-corrected chi connectivity index (χ4v) is 1.71. The van der Waals surface area contributed by atoms with Gasteiger partial charge < -0.3 is 15.7 Å². The molecule has 1 aromatic carbocycles. The number of carbonyl (C=O) groups is 3. The van der Waals surface area contributed by atoms with Gasteiger partial charge in [-0.15, -0.1) is 0 Å². The normalized spacial score (nSPS) is 13.7. The predicted molar refractivity (Wildman–Crippen MR) is 69.0 cm³/mol. The summed E-state index contributed by atoms with van der Waals surface area (Å²) in [5.74, 6) is -3.24. The third-order valence-corrected chi connectivity index (χ3v) is 2.85. The summed E-state index contributed by atoms with van der Waals surface area (Å²) in [6.07, 6.45) is 1.54. The number of anilines is 2. The molecule has 0 heterocycles. The summed E-state index contributed by atoms with van der Waals surface area (Å²) in [5.41, 5.74) is -0.449. The lowest BCUT2D eigenvalue weighted by Crippen LogP contribution is -2.17. The van der Waals surface area contributed by atoms with E-state index in [0.717, 1.165) is 25.0 Å². The van der Waals surface area contributed by atoms with Crippen molar-refractivity contribution in [1.82, 2.24) is 0 Å². The van der Waals surface area contributed by atoms with E-state index in [-0.39, 0.29) is 23.2 Å². The molecule has 2 rings (SSSR count). The van der Waals surface area contributed by atoms with Gasteiger partial charge in [-0.2, -0.15) is 0 Å². The summed E-state index contributed by atoms with van der Waals surface area (Å²) in [6, 6.07) is 1.89. The maximum absolute atomic E-state index is 13.6. The molecule has 2 amide bonds. The van der Waals surface area contributed by atoms with Gasteiger partial charge in [-0.1, -0.05) is 0 Å². The van der Waals surface area contributed by atoms with Crippen LogP contribution < -0.4 is 10.6 Å². The van der Waals surface area contributed by atoms with E-state index < -0.39 is 23.3 Å². The summed E-state index contributed by atoms with van der Waals surface area (Å²) in [4.78, 5) is 33.7. The first kappa shape index (κ1) is 14.0. The summed E-state index contributed by atoms with van der Waals surface area (Å²) in [7, 11) is 0. The number of rotatable bonds is 4. The number of aromatic carboxylic acids is 1. The van der Waals surface area contributed by atoms with Crippen molar-refractivity contribution in [3.8, 4) is 0 Å². The Morgan fingerprint density at radius 1 is 1.20 bits per heavy atom. The third-order valence-electron chi connectivity index (χ3n) is 2.85. The van der Waals surface area contributed by atoms with Gasteiger partial charge in [0.15, 0.2) is 0 Å². The average molecular weight is 280 g/mol. The van der Waals surface area contributed by atoms with Gasteiger partial charge in [-0.3, -0.25) is 9.59 Å². The van der Waals surface area contributed by atoms with Crippen molar-refractivity contribution < 1.29 is 23.9 Å². The SMILES string of the molecule is CC(=O)Nc1cc(F)c(C(=O)O)cc1NC(=O)C1CC1. The van der Waals surface area contributed by atoms with Crippen molar-refractivity contribution in [2.45, 2.75) is 19.8 Å². The van der Waals surface area contributed by atoms with Crippen LogP contribution >= 0.6 is 0 Å². The summed E-state index contributed by atoms with van der Waals surface area (Å²) in [6.45, 7) is 1.23. The quantitative estimate of drug-likeness (QED) is 0.784. The van der Waals surface area contributed by atoms with Gasteiger partial charge >= 0.3 is 5.97 Å². The minimum atomic E-state index is -1.45. The van der Waals surface area contributed by atoms with E-state index in [9.17, 15) is 18.8 Å². The molecule has 0 spiro atoms. The number of halogens is 1. The number of hydrogen-bond donors (Lipinski definition) is 3. The Labute approximate surface area is 114 Å². The smallest absolute Gasteiger partial charge is 0.338 e. The standard InChI is InChI=1S/C13H13FN2O4/c1-6(17)15-11-5-9(14)8(13(19)20)4-10(11)16-12(18)7-2-3-7/h4-5,7H,2-3H2,1H3,(H,15,17)(H,16,18)(H,19,20). The molecule has 1 saturated carbocycles. The predicted octanol–water partition coefficient (Wildman–Crippen LogP) is 1.83. The van der Waals surface area contributed by atoms with Crippen molar-refractivity contribution in [3.63, 3.8) is 0 Å². The highest BCUT2D eigenvalue weighted by molar-refractivity contribution is 6.02. The van der Waals surface area contributed by atoms with Crippen LogP contribution in [0.15, 0.2) is 12.1 Å². The molecule has 6 nitrogen and oxygen atoms in total. The first-order chi connectivity index (χ1) is 9.38. The highest BCUT2D eigenvalue weighted by Gasteiger charge is 2.30. The molecule has 0 saturated heterocycles. The molecule has 20 heavy (non-hydrogen) atoms. The van der Waals surface area contributed by atoms with Crippen LogP contribution in [0.2, 0.25) is 0 Å². The summed E-state index contributed by atoms with van der Waals surface area (Å²) < 4.78 is 13.6. The second-order valence-electron chi connectivity index (χ2n) is 4.63. The molecule has 1 aliphatic rings. The van der Waals surface area contributed by atoms with Gasteiger partial charge in [0.25, 0.3) is 0 Å². The van der Waals surface area contributed by atoms with E-state index >= 15 is 0 Å². The number of hydrogen-bond acceptors (Lipinski definition) is 3. The van der Waals surface area contributed by atoms with E-state index in [1.807, 2.05) is 0 Å². The zero-order valence-corrected chi connectivity index (χ0v) is 10.7. The largest absolute Gasteiger partial charge is 0.478 e. The van der Waals surface area contributed by atoms with E-state index in [0.29, 0.717) is 0 Å². The molecule has 106 valence electrons. The van der Waals surface area contributed by atoms with Crippen LogP contribution in [0.1, 0.15) is 30.1 Å². The Bertz CT molecular complexity index is 596. The van der Waals surface area contributed by atoms with E-state index in [1.165, 1.54) is 6.92 Å². The highest BCUT2D eigenvalue weighted by atomic mass is 19.1. The maximum atomic E-state index is 13.6. The van der Waals surface area contributed by atoms with Crippen molar-refractivity contribution >= 4 is 29.2 Å². The Kier molecular flexibility index (Phi) is 3.69. The number of carboxylic acids is 1. The Balaban J connectivity index is 2.37. The summed E-state index contributed by atoms with van der Waals surface area (Å²) in [5, 5.41) is 13.8. The first-order valence-electron chi connectivity index (χ1n) is 6.03. The third kappa shape index (κ3) is 3.11. The highest BCUT2D eigenvalue weighted by Crippen LogP contribution is 2.32. The van der Waals surface area contributed by atoms with Crippen LogP contribution in [-0.2, 0) is 9.59 Å². The first-order valence-corrected chi connectivity index (χ1v) is 6.03. The number of nitrogens with one attached hydrogen (secondary N) is 2. The van der Waals surface area contributed by atoms with Crippen LogP contribution in [-0.4, -0.2) is 22.9 Å². The van der Waals surface area contributed by atoms with Crippen LogP contribution in [0, 0.1) is 11.7 Å². The summed E-state index contributed by atoms with van der Waals surface area (Å²) >= 11 is 0. The van der Waals surface area contributed by atoms with Crippen molar-refractivity contribution in [3.05, 3.63) is 23.5 Å². The van der Waals surface area contributed by atoms with Crippen molar-refractivity contribution in [1.29, 1.82) is 0 Å². The lowest BCUT2D eigenvalue weighted by atomic mass is 10.1. The van der Waals surface area contributed by atoms with E-state index in [1.54, 1.807) is 0 Å². The monoisotopic (exact) mass is 280 g/mol. The molecule has 0 unspecified atom stereocenters. The lowest BCUT2D eigenvalue weighted by Gasteiger charge is -2.13. The van der Waals surface area contributed by atoms with Crippen LogP contribution in [0.5, 0.6) is 0 Å². The molecule has 1 aliphatic carbocycles. The van der Waals surface area contributed by atoms with Crippen LogP contribution in [0.3, 0.4) is 0 Å². The average Bonchev–Trinajstić information content (AvgIpc) is 3.14. The zero-order chi connectivity index (χ0) is 14.9. The molecular formula is C13H13FN2O4. The van der Waals surface area contributed by atoms with Crippen LogP contribution in [0.4, 0.5) is 15.8 Å². The molecule has 0 radical (unpaired) electrons. The Morgan fingerprint density at radius 2 is 1.80 bits per heavy atom. The topological polar surface area (TPSA) is 95.5 Å². The Morgan fingerprint density at radius 3 is 2.30 bits per heavy atom. The maximum Gasteiger partial charge on any atom is 0.338 e. The Hall–Kier alpha value is -2.44. The molecule has 3 N–H and O–H groups in total. The fraction of sp³-hybridized carbons (Fsp3) is 0.308. The minimum Gasteiger partial charge on any atom is -0.478 e. The molecule has 1 aromatic rings. The van der Waals surface area contributed by atoms with E-state index in [4.69, 9.17) is 5.11 Å². The lowest BCUT2D eigenvalue weighted by molar-refractivity contribution is -0.117. The molecule has 0 atom stereocenters. The number of carbonyl (C=O) groups excluding carboxylic acids is 2. The number of carboxylic acid groups (broad SMARTS) is 1. The van der Waals surface area contributed by atoms with Crippen LogP contribution in [0.25, 0.3) is 0 Å². The van der Waals surface area contributed by atoms with Gasteiger partial charge in [0.2, 0.25) is 11.8 Å². The van der Waals surface area contributed by atoms with Gasteiger partial charge in [-0.25, -0.2) is 9.18 Å². The second-order valence-corrected chi connectivity index (χ2v) is 4.63.